The molecular formula is C17H18O2. The van der Waals surface area contributed by atoms with Gasteiger partial charge in [-0.25, -0.2) is 0 Å². The molecule has 2 aromatic carbocycles. The van der Waals surface area contributed by atoms with Crippen LogP contribution in [0.1, 0.15) is 16.7 Å². The number of rotatable bonds is 5. The van der Waals surface area contributed by atoms with E-state index in [0.29, 0.717) is 6.61 Å². The zero-order chi connectivity index (χ0) is 13.5. The fourth-order valence-corrected chi connectivity index (χ4v) is 1.78. The molecule has 0 aliphatic carbocycles. The van der Waals surface area contributed by atoms with Gasteiger partial charge in [-0.3, -0.25) is 0 Å². The normalized spacial score (nSPS) is 10.6. The monoisotopic (exact) mass is 254 g/mol. The lowest BCUT2D eigenvalue weighted by atomic mass is 10.1. The van der Waals surface area contributed by atoms with E-state index in [1.54, 1.807) is 13.4 Å². The van der Waals surface area contributed by atoms with Crippen LogP contribution in [0.5, 0.6) is 5.75 Å². The maximum absolute atomic E-state index is 5.89. The number of aryl methyl sites for hydroxylation is 1. The summed E-state index contributed by atoms with van der Waals surface area (Å²) in [7, 11) is 1.63. The standard InChI is InChI=1S/C17H18O2/c1-14-8-9-16(10-11-18-2)17(12-14)19-13-15-6-4-3-5-7-15/h3-12H,13H2,1-2H3/b11-10+. The number of ether oxygens (including phenoxy) is 2. The minimum absolute atomic E-state index is 0.568. The molecule has 98 valence electrons. The largest absolute Gasteiger partial charge is 0.504 e. The van der Waals surface area contributed by atoms with Crippen LogP contribution in [0.25, 0.3) is 6.08 Å². The topological polar surface area (TPSA) is 18.5 Å². The molecule has 0 N–H and O–H groups in total. The van der Waals surface area contributed by atoms with Crippen LogP contribution >= 0.6 is 0 Å². The Kier molecular flexibility index (Phi) is 4.62. The fourth-order valence-electron chi connectivity index (χ4n) is 1.78. The molecule has 0 heterocycles. The lowest BCUT2D eigenvalue weighted by Gasteiger charge is -2.10. The fraction of sp³-hybridized carbons (Fsp3) is 0.176. The van der Waals surface area contributed by atoms with Crippen molar-refractivity contribution in [2.75, 3.05) is 7.11 Å². The third-order valence-electron chi connectivity index (χ3n) is 2.79. The van der Waals surface area contributed by atoms with Gasteiger partial charge in [-0.2, -0.15) is 0 Å². The van der Waals surface area contributed by atoms with E-state index in [1.165, 1.54) is 5.56 Å². The summed E-state index contributed by atoms with van der Waals surface area (Å²) < 4.78 is 10.9. The summed E-state index contributed by atoms with van der Waals surface area (Å²) in [5.41, 5.74) is 3.35. The molecule has 2 rings (SSSR count). The Morgan fingerprint density at radius 1 is 1.05 bits per heavy atom. The molecule has 0 saturated heterocycles. The van der Waals surface area contributed by atoms with Gasteiger partial charge in [-0.05, 0) is 30.2 Å². The van der Waals surface area contributed by atoms with Crippen LogP contribution in [-0.4, -0.2) is 7.11 Å². The van der Waals surface area contributed by atoms with Crippen molar-refractivity contribution >= 4 is 6.08 Å². The predicted molar refractivity (Wildman–Crippen MR) is 78.0 cm³/mol. The van der Waals surface area contributed by atoms with E-state index < -0.39 is 0 Å². The van der Waals surface area contributed by atoms with Gasteiger partial charge < -0.3 is 9.47 Å². The van der Waals surface area contributed by atoms with Crippen LogP contribution in [0.2, 0.25) is 0 Å². The van der Waals surface area contributed by atoms with Crippen LogP contribution in [0, 0.1) is 6.92 Å². The lowest BCUT2D eigenvalue weighted by molar-refractivity contribution is 0.305. The van der Waals surface area contributed by atoms with Crippen LogP contribution in [-0.2, 0) is 11.3 Å². The first kappa shape index (κ1) is 13.2. The smallest absolute Gasteiger partial charge is 0.127 e. The van der Waals surface area contributed by atoms with Gasteiger partial charge >= 0.3 is 0 Å². The number of hydrogen-bond donors (Lipinski definition) is 0. The third-order valence-corrected chi connectivity index (χ3v) is 2.79. The van der Waals surface area contributed by atoms with Crippen molar-refractivity contribution in [3.8, 4) is 5.75 Å². The quantitative estimate of drug-likeness (QED) is 0.745. The second kappa shape index (κ2) is 6.64. The van der Waals surface area contributed by atoms with E-state index in [-0.39, 0.29) is 0 Å². The van der Waals surface area contributed by atoms with Crippen LogP contribution in [0.4, 0.5) is 0 Å². The van der Waals surface area contributed by atoms with Crippen molar-refractivity contribution in [1.29, 1.82) is 0 Å². The Hall–Kier alpha value is -2.22. The van der Waals surface area contributed by atoms with Gasteiger partial charge in [0.2, 0.25) is 0 Å². The highest BCUT2D eigenvalue weighted by molar-refractivity contribution is 5.57. The van der Waals surface area contributed by atoms with Gasteiger partial charge in [-0.1, -0.05) is 42.5 Å². The highest BCUT2D eigenvalue weighted by Gasteiger charge is 2.02. The lowest BCUT2D eigenvalue weighted by Crippen LogP contribution is -1.97. The van der Waals surface area contributed by atoms with Crippen molar-refractivity contribution in [3.63, 3.8) is 0 Å². The van der Waals surface area contributed by atoms with E-state index in [4.69, 9.17) is 9.47 Å². The first-order valence-electron chi connectivity index (χ1n) is 6.26. The Bertz CT molecular complexity index is 544. The highest BCUT2D eigenvalue weighted by atomic mass is 16.5. The number of methoxy groups -OCH3 is 1. The van der Waals surface area contributed by atoms with Crippen LogP contribution in [0.15, 0.2) is 54.8 Å². The van der Waals surface area contributed by atoms with Crippen LogP contribution < -0.4 is 4.74 Å². The van der Waals surface area contributed by atoms with Crippen molar-refractivity contribution in [3.05, 3.63) is 71.5 Å². The van der Waals surface area contributed by atoms with E-state index in [0.717, 1.165) is 16.9 Å². The molecule has 0 saturated carbocycles. The van der Waals surface area contributed by atoms with Gasteiger partial charge in [0.1, 0.15) is 12.4 Å². The first-order chi connectivity index (χ1) is 9.29. The Morgan fingerprint density at radius 3 is 2.58 bits per heavy atom. The van der Waals surface area contributed by atoms with E-state index in [9.17, 15) is 0 Å². The molecule has 19 heavy (non-hydrogen) atoms. The molecule has 0 atom stereocenters. The molecule has 2 nitrogen and oxygen atoms in total. The molecule has 0 unspecified atom stereocenters. The molecule has 2 aromatic rings. The molecule has 0 amide bonds. The average molecular weight is 254 g/mol. The number of hydrogen-bond acceptors (Lipinski definition) is 2. The summed E-state index contributed by atoms with van der Waals surface area (Å²) in [4.78, 5) is 0. The molecule has 2 heteroatoms. The minimum atomic E-state index is 0.568. The summed E-state index contributed by atoms with van der Waals surface area (Å²) in [6, 6.07) is 16.3. The van der Waals surface area contributed by atoms with Crippen molar-refractivity contribution in [2.45, 2.75) is 13.5 Å². The second-order valence-electron chi connectivity index (χ2n) is 4.35. The van der Waals surface area contributed by atoms with E-state index >= 15 is 0 Å². The first-order valence-corrected chi connectivity index (χ1v) is 6.26. The van der Waals surface area contributed by atoms with Crippen molar-refractivity contribution < 1.29 is 9.47 Å². The van der Waals surface area contributed by atoms with E-state index in [1.807, 2.05) is 36.4 Å². The Labute approximate surface area is 114 Å². The molecule has 0 aliphatic rings. The molecule has 0 fully saturated rings. The van der Waals surface area contributed by atoms with Crippen molar-refractivity contribution in [2.24, 2.45) is 0 Å². The molecule has 0 bridgehead atoms. The zero-order valence-electron chi connectivity index (χ0n) is 11.3. The minimum Gasteiger partial charge on any atom is -0.504 e. The maximum Gasteiger partial charge on any atom is 0.127 e. The van der Waals surface area contributed by atoms with Crippen LogP contribution in [0.3, 0.4) is 0 Å². The maximum atomic E-state index is 5.89. The highest BCUT2D eigenvalue weighted by Crippen LogP contribution is 2.23. The summed E-state index contributed by atoms with van der Waals surface area (Å²) in [5.74, 6) is 0.872. The van der Waals surface area contributed by atoms with Gasteiger partial charge in [0, 0.05) is 5.56 Å². The van der Waals surface area contributed by atoms with Gasteiger partial charge in [-0.15, -0.1) is 0 Å². The van der Waals surface area contributed by atoms with Gasteiger partial charge in [0.15, 0.2) is 0 Å². The summed E-state index contributed by atoms with van der Waals surface area (Å²) in [6.45, 7) is 2.62. The summed E-state index contributed by atoms with van der Waals surface area (Å²) in [5, 5.41) is 0. The third kappa shape index (κ3) is 3.88. The molecular weight excluding hydrogens is 236 g/mol. The molecule has 0 radical (unpaired) electrons. The van der Waals surface area contributed by atoms with Crippen molar-refractivity contribution in [1.82, 2.24) is 0 Å². The van der Waals surface area contributed by atoms with Gasteiger partial charge in [0.25, 0.3) is 0 Å². The molecule has 0 spiro atoms. The molecule has 0 aromatic heterocycles. The second-order valence-corrected chi connectivity index (χ2v) is 4.35. The summed E-state index contributed by atoms with van der Waals surface area (Å²) >= 11 is 0. The average Bonchev–Trinajstić information content (AvgIpc) is 2.45. The van der Waals surface area contributed by atoms with E-state index in [2.05, 4.69) is 25.1 Å². The predicted octanol–water partition coefficient (Wildman–Crippen LogP) is 4.19. The number of benzene rings is 2. The SMILES string of the molecule is CO/C=C/c1ccc(C)cc1OCc1ccccc1. The molecule has 0 aliphatic heterocycles. The summed E-state index contributed by atoms with van der Waals surface area (Å²) in [6.07, 6.45) is 3.56. The zero-order valence-corrected chi connectivity index (χ0v) is 11.3. The Balaban J connectivity index is 2.14. The Morgan fingerprint density at radius 2 is 1.84 bits per heavy atom. The van der Waals surface area contributed by atoms with Gasteiger partial charge in [0.05, 0.1) is 13.4 Å².